The summed E-state index contributed by atoms with van der Waals surface area (Å²) in [5.74, 6) is 0.276. The topological polar surface area (TPSA) is 236 Å². The number of hydrogen-bond acceptors (Lipinski definition) is 10. The summed E-state index contributed by atoms with van der Waals surface area (Å²) < 4.78 is 42.9. The van der Waals surface area contributed by atoms with Gasteiger partial charge in [-0.25, -0.2) is 29.9 Å². The van der Waals surface area contributed by atoms with E-state index in [0.717, 1.165) is 103 Å². The highest BCUT2D eigenvalue weighted by atomic mass is 127. The molecule has 10 aromatic rings. The number of primary amides is 3. The molecule has 0 aliphatic heterocycles. The van der Waals surface area contributed by atoms with Crippen LogP contribution in [0.1, 0.15) is 57.3 Å². The van der Waals surface area contributed by atoms with Gasteiger partial charge in [-0.15, -0.1) is 35.6 Å². The molecule has 0 radical (unpaired) electrons. The molecular weight excluding hydrogens is 1190 g/mol. The average molecular weight is 1250 g/mol. The summed E-state index contributed by atoms with van der Waals surface area (Å²) in [4.78, 5) is 62.7. The minimum atomic E-state index is -4.35. The zero-order valence-corrected chi connectivity index (χ0v) is 46.6. The molecule has 6 aromatic heterocycles. The maximum Gasteiger partial charge on any atom is 0.416 e. The van der Waals surface area contributed by atoms with Crippen LogP contribution in [0.5, 0.6) is 0 Å². The number of aromatic nitrogens is 9. The number of H-pyrrole nitrogens is 1. The van der Waals surface area contributed by atoms with E-state index >= 15 is 0 Å². The van der Waals surface area contributed by atoms with Crippen LogP contribution in [0.15, 0.2) is 153 Å². The summed E-state index contributed by atoms with van der Waals surface area (Å²) in [5.41, 5.74) is 23.9. The summed E-state index contributed by atoms with van der Waals surface area (Å²) in [6.45, 7) is 1.74. The van der Waals surface area contributed by atoms with Crippen LogP contribution in [0.3, 0.4) is 0 Å². The van der Waals surface area contributed by atoms with E-state index in [-0.39, 0.29) is 54.5 Å². The minimum absolute atomic E-state index is 0. The van der Waals surface area contributed by atoms with Gasteiger partial charge in [0.05, 0.1) is 41.0 Å². The Bertz CT molecular complexity index is 3650. The van der Waals surface area contributed by atoms with Crippen molar-refractivity contribution in [2.75, 3.05) is 4.90 Å². The largest absolute Gasteiger partial charge is 0.416 e. The van der Waals surface area contributed by atoms with Crippen LogP contribution >= 0.6 is 58.8 Å². The molecule has 1 fully saturated rings. The number of alkyl halides is 4. The van der Waals surface area contributed by atoms with Gasteiger partial charge in [0.2, 0.25) is 17.7 Å². The van der Waals surface area contributed by atoms with Crippen LogP contribution in [-0.4, -0.2) is 67.8 Å². The predicted molar refractivity (Wildman–Crippen MR) is 311 cm³/mol. The second-order valence-corrected chi connectivity index (χ2v) is 19.2. The number of halogens is 7. The second kappa shape index (κ2) is 27.3. The van der Waals surface area contributed by atoms with Gasteiger partial charge < -0.3 is 36.2 Å². The molecule has 7 N–H and O–H groups in total. The third-order valence-electron chi connectivity index (χ3n) is 12.3. The number of nitrogens with zero attached hydrogens (tertiary/aromatic N) is 9. The van der Waals surface area contributed by atoms with E-state index in [9.17, 15) is 27.6 Å². The van der Waals surface area contributed by atoms with Crippen molar-refractivity contribution in [1.82, 2.24) is 44.0 Å². The standard InChI is InChI=1S/C26H24F3N5O.C15H13ClN4O.C9H10ClNO.C6H4ClN3.HI/c27-26(28,29)20-7-5-19(6-8-20)15-34(21-9-10-21)25-22-11-12-33(24(22)31-16-32-25)14-18-3-1-17(2-4-18)13-23(30)35;16-14-12-5-6-20(15(12)19-9-18-14)8-11-3-1-10(2-4-11)7-13(17)21;10-6-8-3-1-7(2-4-8)5-9(11)12;7-5-4-1-2-8-6(4)10-3-9-5;/h1-8,11-12,16,21H,9-10,13-15H2,(H2,30,35);1-6,9H,7-8H2,(H2,17,21);1-4H,5-6H2,(H2,11,12);1-3H,(H,8,9,10);1H. The number of carbonyl (C=O) groups is 3. The van der Waals surface area contributed by atoms with Gasteiger partial charge in [-0.2, -0.15) is 13.2 Å². The molecular formula is C56H52Cl3F3IN13O3. The molecule has 408 valence electrons. The van der Waals surface area contributed by atoms with Gasteiger partial charge in [0.25, 0.3) is 0 Å². The van der Waals surface area contributed by atoms with E-state index in [1.807, 2.05) is 113 Å². The van der Waals surface area contributed by atoms with E-state index in [1.165, 1.54) is 31.1 Å². The van der Waals surface area contributed by atoms with Crippen LogP contribution in [0.4, 0.5) is 19.0 Å². The van der Waals surface area contributed by atoms with Gasteiger partial charge in [0.1, 0.15) is 52.0 Å². The van der Waals surface area contributed by atoms with Crippen molar-refractivity contribution < 1.29 is 27.6 Å². The molecule has 23 heteroatoms. The number of aromatic amines is 1. The molecule has 11 rings (SSSR count). The molecule has 4 aromatic carbocycles. The molecule has 16 nitrogen and oxygen atoms in total. The summed E-state index contributed by atoms with van der Waals surface area (Å²) in [5, 5.41) is 3.55. The van der Waals surface area contributed by atoms with Crippen molar-refractivity contribution in [3.8, 4) is 0 Å². The number of hydrogen-bond donors (Lipinski definition) is 4. The van der Waals surface area contributed by atoms with Gasteiger partial charge in [0, 0.05) is 50.1 Å². The fraction of sp³-hybridized carbons (Fsp3) is 0.196. The lowest BCUT2D eigenvalue weighted by Crippen LogP contribution is -2.26. The first-order valence-corrected chi connectivity index (χ1v) is 25.6. The van der Waals surface area contributed by atoms with Gasteiger partial charge in [-0.05, 0) is 82.1 Å². The van der Waals surface area contributed by atoms with E-state index in [1.54, 1.807) is 6.20 Å². The third kappa shape index (κ3) is 16.4. The van der Waals surface area contributed by atoms with Crippen molar-refractivity contribution >= 4 is 115 Å². The smallest absolute Gasteiger partial charge is 0.369 e. The van der Waals surface area contributed by atoms with Crippen molar-refractivity contribution in [2.45, 2.75) is 69.8 Å². The first-order valence-electron chi connectivity index (χ1n) is 24.3. The number of fused-ring (bicyclic) bond motifs is 3. The quantitative estimate of drug-likeness (QED) is 0.0430. The fourth-order valence-electron chi connectivity index (χ4n) is 8.32. The fourth-order valence-corrected chi connectivity index (χ4v) is 8.88. The van der Waals surface area contributed by atoms with Crippen LogP contribution in [-0.2, 0) is 65.3 Å². The normalized spacial score (nSPS) is 11.8. The predicted octanol–water partition coefficient (Wildman–Crippen LogP) is 10.5. The van der Waals surface area contributed by atoms with Gasteiger partial charge >= 0.3 is 6.18 Å². The van der Waals surface area contributed by atoms with Crippen molar-refractivity contribution in [1.29, 1.82) is 0 Å². The molecule has 3 amide bonds. The molecule has 0 spiro atoms. The SMILES string of the molecule is Clc1ncnc2[nH]ccc12.I.NC(=O)Cc1ccc(CCl)cc1.NC(=O)Cc1ccc(Cn2ccc3c(Cl)ncnc32)cc1.NC(=O)Cc1ccc(Cn2ccc3c(N(Cc4ccc(C(F)(F)F)cc4)C4CC4)ncnc32)cc1. The number of anilines is 1. The Hall–Kier alpha value is -7.66. The number of benzene rings is 4. The van der Waals surface area contributed by atoms with E-state index in [2.05, 4.69) is 39.8 Å². The summed E-state index contributed by atoms with van der Waals surface area (Å²) in [6, 6.07) is 34.4. The highest BCUT2D eigenvalue weighted by Crippen LogP contribution is 2.36. The second-order valence-electron chi connectivity index (χ2n) is 18.2. The molecule has 79 heavy (non-hydrogen) atoms. The van der Waals surface area contributed by atoms with Crippen molar-refractivity contribution in [2.24, 2.45) is 17.2 Å². The monoisotopic (exact) mass is 1240 g/mol. The Kier molecular flexibility index (Phi) is 20.4. The van der Waals surface area contributed by atoms with Crippen LogP contribution < -0.4 is 22.1 Å². The Morgan fingerprint density at radius 2 is 0.987 bits per heavy atom. The number of rotatable bonds is 15. The summed E-state index contributed by atoms with van der Waals surface area (Å²) in [6.07, 6.45) is 8.55. The Morgan fingerprint density at radius 3 is 1.46 bits per heavy atom. The summed E-state index contributed by atoms with van der Waals surface area (Å²) in [7, 11) is 0. The van der Waals surface area contributed by atoms with Crippen molar-refractivity contribution in [3.63, 3.8) is 0 Å². The molecule has 1 aliphatic carbocycles. The molecule has 0 bridgehead atoms. The molecule has 1 saturated carbocycles. The third-order valence-corrected chi connectivity index (χ3v) is 13.2. The lowest BCUT2D eigenvalue weighted by atomic mass is 10.1. The lowest BCUT2D eigenvalue weighted by Gasteiger charge is -2.24. The first-order chi connectivity index (χ1) is 37.5. The highest BCUT2D eigenvalue weighted by molar-refractivity contribution is 14.0. The van der Waals surface area contributed by atoms with E-state index in [4.69, 9.17) is 52.0 Å². The molecule has 0 saturated heterocycles. The van der Waals surface area contributed by atoms with Gasteiger partial charge in [-0.1, -0.05) is 108 Å². The van der Waals surface area contributed by atoms with Crippen LogP contribution in [0, 0.1) is 0 Å². The van der Waals surface area contributed by atoms with E-state index < -0.39 is 11.7 Å². The number of amides is 3. The van der Waals surface area contributed by atoms with E-state index in [0.29, 0.717) is 48.3 Å². The number of nitrogens with one attached hydrogen (secondary N) is 1. The minimum Gasteiger partial charge on any atom is -0.369 e. The molecule has 1 aliphatic rings. The number of nitrogens with two attached hydrogens (primary N) is 3. The summed E-state index contributed by atoms with van der Waals surface area (Å²) >= 11 is 17.4. The van der Waals surface area contributed by atoms with Gasteiger partial charge in [0.15, 0.2) is 0 Å². The highest BCUT2D eigenvalue weighted by Gasteiger charge is 2.33. The lowest BCUT2D eigenvalue weighted by molar-refractivity contribution is -0.137. The Morgan fingerprint density at radius 1 is 0.557 bits per heavy atom. The molecule has 0 unspecified atom stereocenters. The Balaban J connectivity index is 0.000000172. The molecule has 6 heterocycles. The molecule has 0 atom stereocenters. The zero-order valence-electron chi connectivity index (χ0n) is 42.0. The zero-order chi connectivity index (χ0) is 55.3. The van der Waals surface area contributed by atoms with Gasteiger partial charge in [-0.3, -0.25) is 14.4 Å². The first kappa shape index (κ1) is 59.0. The Labute approximate surface area is 483 Å². The van der Waals surface area contributed by atoms with Crippen molar-refractivity contribution in [3.05, 3.63) is 208 Å². The van der Waals surface area contributed by atoms with Crippen LogP contribution in [0.2, 0.25) is 10.3 Å². The average Bonchev–Trinajstić information content (AvgIpc) is 3.82. The maximum atomic E-state index is 12.9. The maximum absolute atomic E-state index is 12.9. The number of carbonyl (C=O) groups excluding carboxylic acids is 3. The van der Waals surface area contributed by atoms with Crippen LogP contribution in [0.25, 0.3) is 33.1 Å².